The standard InChI is InChI=1S/C18H25N3O2S/c1-13(2)20-18-21-17(12-24-18)16-9-8-14(22)6-4-5-7-15(23-3)10-11-19-16/h4-5,8,10,12-13,22H,6-7,9,11H2,1-3H3,(H,20,21)/b5-4-,14-8+,15-10+,19-16?. The Morgan fingerprint density at radius 1 is 1.21 bits per heavy atom. The van der Waals surface area contributed by atoms with Crippen LogP contribution >= 0.6 is 11.3 Å². The molecule has 0 aromatic carbocycles. The van der Waals surface area contributed by atoms with Crippen molar-refractivity contribution in [3.05, 3.63) is 46.9 Å². The first kappa shape index (κ1) is 18.3. The third-order valence-electron chi connectivity index (χ3n) is 3.42. The van der Waals surface area contributed by atoms with E-state index in [1.54, 1.807) is 24.5 Å². The van der Waals surface area contributed by atoms with Crippen LogP contribution < -0.4 is 5.32 Å². The van der Waals surface area contributed by atoms with Crippen LogP contribution in [0, 0.1) is 0 Å². The zero-order chi connectivity index (χ0) is 17.4. The molecular formula is C18H25N3O2S. The number of aliphatic imine (C=N–C) groups is 1. The highest BCUT2D eigenvalue weighted by atomic mass is 32.1. The van der Waals surface area contributed by atoms with Gasteiger partial charge in [0.2, 0.25) is 0 Å². The fourth-order valence-electron chi connectivity index (χ4n) is 2.18. The first-order chi connectivity index (χ1) is 11.6. The number of rotatable bonds is 4. The van der Waals surface area contributed by atoms with E-state index in [0.717, 1.165) is 22.3 Å². The van der Waals surface area contributed by atoms with Crippen LogP contribution in [-0.2, 0) is 4.74 Å². The Balaban J connectivity index is 2.23. The van der Waals surface area contributed by atoms with E-state index in [1.807, 2.05) is 23.6 Å². The van der Waals surface area contributed by atoms with Crippen molar-refractivity contribution in [1.29, 1.82) is 0 Å². The summed E-state index contributed by atoms with van der Waals surface area (Å²) < 4.78 is 5.35. The topological polar surface area (TPSA) is 66.7 Å². The molecule has 1 aromatic rings. The number of hydrogen-bond donors (Lipinski definition) is 2. The molecule has 0 saturated carbocycles. The SMILES string of the molecule is CO/C1=C/CN=C(c2csc(NC(C)C)n2)C/C=C(/O)C/C=C\C1. The Kier molecular flexibility index (Phi) is 7.06. The number of thiazole rings is 1. The monoisotopic (exact) mass is 347 g/mol. The van der Waals surface area contributed by atoms with Crippen molar-refractivity contribution in [2.75, 3.05) is 19.0 Å². The smallest absolute Gasteiger partial charge is 0.183 e. The lowest BCUT2D eigenvalue weighted by atomic mass is 10.1. The van der Waals surface area contributed by atoms with Crippen LogP contribution in [0.2, 0.25) is 0 Å². The Labute approximate surface area is 147 Å². The van der Waals surface area contributed by atoms with Crippen molar-refractivity contribution in [2.24, 2.45) is 4.99 Å². The summed E-state index contributed by atoms with van der Waals surface area (Å²) in [6.45, 7) is 4.70. The summed E-state index contributed by atoms with van der Waals surface area (Å²) in [5.41, 5.74) is 1.72. The average molecular weight is 347 g/mol. The lowest BCUT2D eigenvalue weighted by molar-refractivity contribution is 0.283. The van der Waals surface area contributed by atoms with Crippen LogP contribution in [-0.4, -0.2) is 35.5 Å². The van der Waals surface area contributed by atoms with Gasteiger partial charge in [-0.2, -0.15) is 0 Å². The molecule has 0 aliphatic carbocycles. The van der Waals surface area contributed by atoms with E-state index in [9.17, 15) is 5.11 Å². The van der Waals surface area contributed by atoms with Gasteiger partial charge in [0.15, 0.2) is 5.13 Å². The Bertz CT molecular complexity index is 657. The molecule has 0 spiro atoms. The summed E-state index contributed by atoms with van der Waals surface area (Å²) in [5, 5.41) is 16.2. The number of methoxy groups -OCH3 is 1. The number of nitrogens with zero attached hydrogens (tertiary/aromatic N) is 2. The summed E-state index contributed by atoms with van der Waals surface area (Å²) in [4.78, 5) is 9.26. The number of hydrogen-bond acceptors (Lipinski definition) is 6. The number of allylic oxidation sites excluding steroid dienone is 3. The van der Waals surface area contributed by atoms with Gasteiger partial charge in [-0.25, -0.2) is 4.98 Å². The van der Waals surface area contributed by atoms with Crippen molar-refractivity contribution >= 4 is 22.2 Å². The Hall–Kier alpha value is -2.08. The maximum Gasteiger partial charge on any atom is 0.183 e. The van der Waals surface area contributed by atoms with Gasteiger partial charge in [-0.3, -0.25) is 4.99 Å². The van der Waals surface area contributed by atoms with Gasteiger partial charge in [0.1, 0.15) is 0 Å². The van der Waals surface area contributed by atoms with Crippen LogP contribution in [0.4, 0.5) is 5.13 Å². The third kappa shape index (κ3) is 5.85. The predicted octanol–water partition coefficient (Wildman–Crippen LogP) is 4.46. The molecule has 0 saturated heterocycles. The third-order valence-corrected chi connectivity index (χ3v) is 4.19. The second-order valence-electron chi connectivity index (χ2n) is 5.78. The highest BCUT2D eigenvalue weighted by Crippen LogP contribution is 2.19. The summed E-state index contributed by atoms with van der Waals surface area (Å²) >= 11 is 1.57. The van der Waals surface area contributed by atoms with Crippen molar-refractivity contribution in [1.82, 2.24) is 4.98 Å². The second kappa shape index (κ2) is 9.27. The summed E-state index contributed by atoms with van der Waals surface area (Å²) in [6.07, 6.45) is 9.51. The molecule has 0 radical (unpaired) electrons. The molecule has 6 heteroatoms. The van der Waals surface area contributed by atoms with E-state index in [1.165, 1.54) is 0 Å². The average Bonchev–Trinajstić information content (AvgIpc) is 2.98. The van der Waals surface area contributed by atoms with Gasteiger partial charge in [-0.1, -0.05) is 12.2 Å². The summed E-state index contributed by atoms with van der Waals surface area (Å²) in [7, 11) is 1.66. The molecule has 2 rings (SSSR count). The van der Waals surface area contributed by atoms with Crippen molar-refractivity contribution in [2.45, 2.75) is 39.2 Å². The van der Waals surface area contributed by atoms with Crippen LogP contribution in [0.25, 0.3) is 0 Å². The van der Waals surface area contributed by atoms with Crippen LogP contribution in [0.1, 0.15) is 38.8 Å². The fraction of sp³-hybridized carbons (Fsp3) is 0.444. The molecule has 1 aliphatic heterocycles. The van der Waals surface area contributed by atoms with Gasteiger partial charge >= 0.3 is 0 Å². The highest BCUT2D eigenvalue weighted by Gasteiger charge is 2.09. The molecule has 24 heavy (non-hydrogen) atoms. The van der Waals surface area contributed by atoms with Crippen molar-refractivity contribution < 1.29 is 9.84 Å². The number of nitrogens with one attached hydrogen (secondary N) is 1. The van der Waals surface area contributed by atoms with Gasteiger partial charge in [0, 0.05) is 30.7 Å². The number of anilines is 1. The molecule has 2 N–H and O–H groups in total. The maximum absolute atomic E-state index is 9.98. The molecule has 1 aliphatic rings. The fourth-order valence-corrected chi connectivity index (χ4v) is 3.05. The van der Waals surface area contributed by atoms with Gasteiger partial charge in [0.05, 0.1) is 36.6 Å². The van der Waals surface area contributed by atoms with E-state index in [4.69, 9.17) is 4.74 Å². The molecule has 1 aromatic heterocycles. The summed E-state index contributed by atoms with van der Waals surface area (Å²) in [6, 6.07) is 0.338. The highest BCUT2D eigenvalue weighted by molar-refractivity contribution is 7.13. The molecule has 0 atom stereocenters. The van der Waals surface area contributed by atoms with E-state index < -0.39 is 0 Å². The zero-order valence-corrected chi connectivity index (χ0v) is 15.3. The first-order valence-electron chi connectivity index (χ1n) is 8.10. The van der Waals surface area contributed by atoms with Gasteiger partial charge in [-0.05, 0) is 26.0 Å². The lowest BCUT2D eigenvalue weighted by Crippen LogP contribution is -2.10. The van der Waals surface area contributed by atoms with E-state index in [2.05, 4.69) is 29.1 Å². The van der Waals surface area contributed by atoms with Crippen molar-refractivity contribution in [3.63, 3.8) is 0 Å². The molecular weight excluding hydrogens is 322 g/mol. The minimum Gasteiger partial charge on any atom is -0.512 e. The maximum atomic E-state index is 9.98. The van der Waals surface area contributed by atoms with Crippen LogP contribution in [0.3, 0.4) is 0 Å². The molecule has 0 fully saturated rings. The number of aliphatic hydroxyl groups is 1. The minimum atomic E-state index is 0.338. The summed E-state index contributed by atoms with van der Waals surface area (Å²) in [5.74, 6) is 1.22. The van der Waals surface area contributed by atoms with Crippen molar-refractivity contribution in [3.8, 4) is 0 Å². The zero-order valence-electron chi connectivity index (χ0n) is 14.5. The van der Waals surface area contributed by atoms with Gasteiger partial charge in [0.25, 0.3) is 0 Å². The normalized spacial score (nSPS) is 22.2. The lowest BCUT2D eigenvalue weighted by Gasteiger charge is -2.06. The van der Waals surface area contributed by atoms with E-state index in [0.29, 0.717) is 37.6 Å². The van der Waals surface area contributed by atoms with E-state index in [-0.39, 0.29) is 0 Å². The Morgan fingerprint density at radius 3 is 2.75 bits per heavy atom. The largest absolute Gasteiger partial charge is 0.512 e. The minimum absolute atomic E-state index is 0.338. The first-order valence-corrected chi connectivity index (χ1v) is 8.98. The molecule has 0 amide bonds. The van der Waals surface area contributed by atoms with Crippen LogP contribution in [0.15, 0.2) is 46.2 Å². The second-order valence-corrected chi connectivity index (χ2v) is 6.64. The molecule has 0 bridgehead atoms. The molecule has 2 heterocycles. The number of aliphatic hydroxyl groups excluding tert-OH is 1. The quantitative estimate of drug-likeness (QED) is 0.789. The molecule has 5 nitrogen and oxygen atoms in total. The van der Waals surface area contributed by atoms with Crippen LogP contribution in [0.5, 0.6) is 0 Å². The Morgan fingerprint density at radius 2 is 2.00 bits per heavy atom. The molecule has 130 valence electrons. The number of ether oxygens (including phenoxy) is 1. The van der Waals surface area contributed by atoms with Gasteiger partial charge < -0.3 is 15.2 Å². The van der Waals surface area contributed by atoms with Gasteiger partial charge in [-0.15, -0.1) is 11.3 Å². The molecule has 0 unspecified atom stereocenters. The van der Waals surface area contributed by atoms with E-state index >= 15 is 0 Å². The predicted molar refractivity (Wildman–Crippen MR) is 101 cm³/mol. The number of aromatic nitrogens is 1.